The van der Waals surface area contributed by atoms with Crippen molar-refractivity contribution in [2.45, 2.75) is 92.9 Å². The topological polar surface area (TPSA) is 21.3 Å². The zero-order chi connectivity index (χ0) is 21.2. The summed E-state index contributed by atoms with van der Waals surface area (Å²) >= 11 is 5.15. The molecule has 0 aromatic heterocycles. The monoisotopic (exact) mass is 405 g/mol. The number of unbranched alkanes of at least 4 members (excludes halogenated alkanes) is 1. The normalized spacial score (nSPS) is 12.7. The summed E-state index contributed by atoms with van der Waals surface area (Å²) in [7, 11) is 0. The van der Waals surface area contributed by atoms with Crippen LogP contribution in [0.2, 0.25) is 0 Å². The van der Waals surface area contributed by atoms with Gasteiger partial charge in [-0.3, -0.25) is 0 Å². The highest BCUT2D eigenvalue weighted by Gasteiger charge is 1.96. The van der Waals surface area contributed by atoms with Gasteiger partial charge >= 0.3 is 0 Å². The first kappa shape index (κ1) is 26.6. The number of ether oxygens (including phenoxy) is 1. The molecule has 0 atom stereocenters. The molecular weight excluding hydrogens is 362 g/mol. The number of allylic oxidation sites excluding steroid dienone is 7. The minimum Gasteiger partial charge on any atom is -0.467 e. The zero-order valence-corrected chi connectivity index (χ0v) is 20.0. The van der Waals surface area contributed by atoms with E-state index >= 15 is 0 Å². The summed E-state index contributed by atoms with van der Waals surface area (Å²) in [6.45, 7) is 14.6. The highest BCUT2D eigenvalue weighted by molar-refractivity contribution is 7.80. The van der Waals surface area contributed by atoms with Crippen molar-refractivity contribution >= 4 is 17.4 Å². The molecule has 3 heteroatoms. The van der Waals surface area contributed by atoms with Crippen LogP contribution in [-0.4, -0.2) is 18.3 Å². The molecule has 0 heterocycles. The fraction of sp³-hybridized carbons (Fsp3) is 0.640. The van der Waals surface area contributed by atoms with Gasteiger partial charge < -0.3 is 10.1 Å². The van der Waals surface area contributed by atoms with E-state index in [0.717, 1.165) is 51.5 Å². The molecule has 0 aliphatic heterocycles. The molecule has 28 heavy (non-hydrogen) atoms. The zero-order valence-electron chi connectivity index (χ0n) is 19.2. The molecule has 0 saturated heterocycles. The molecule has 0 fully saturated rings. The van der Waals surface area contributed by atoms with Gasteiger partial charge in [0.1, 0.15) is 6.61 Å². The Hall–Kier alpha value is -1.35. The van der Waals surface area contributed by atoms with E-state index in [1.807, 2.05) is 0 Å². The lowest BCUT2D eigenvalue weighted by Crippen LogP contribution is -2.24. The van der Waals surface area contributed by atoms with Crippen molar-refractivity contribution in [3.63, 3.8) is 0 Å². The maximum Gasteiger partial charge on any atom is 0.256 e. The summed E-state index contributed by atoms with van der Waals surface area (Å²) in [5.41, 5.74) is 5.76. The first-order chi connectivity index (χ1) is 13.3. The Kier molecular flexibility index (Phi) is 16.9. The van der Waals surface area contributed by atoms with Crippen LogP contribution in [0, 0.1) is 0 Å². The molecule has 0 aliphatic carbocycles. The lowest BCUT2D eigenvalue weighted by atomic mass is 10.0. The van der Waals surface area contributed by atoms with Crippen LogP contribution in [0.15, 0.2) is 46.6 Å². The van der Waals surface area contributed by atoms with Crippen LogP contribution < -0.4 is 5.32 Å². The third kappa shape index (κ3) is 18.0. The van der Waals surface area contributed by atoms with Gasteiger partial charge in [-0.05, 0) is 97.9 Å². The Morgan fingerprint density at radius 1 is 0.786 bits per heavy atom. The molecule has 160 valence electrons. The van der Waals surface area contributed by atoms with Gasteiger partial charge in [0.2, 0.25) is 0 Å². The Morgan fingerprint density at radius 3 is 1.79 bits per heavy atom. The summed E-state index contributed by atoms with van der Waals surface area (Å²) in [5, 5.41) is 3.63. The Bertz CT molecular complexity index is 551. The minimum atomic E-state index is 0.512. The van der Waals surface area contributed by atoms with E-state index in [2.05, 4.69) is 71.2 Å². The van der Waals surface area contributed by atoms with Crippen LogP contribution in [0.3, 0.4) is 0 Å². The number of thiocarbonyl (C=S) groups is 1. The first-order valence-corrected chi connectivity index (χ1v) is 11.3. The second-order valence-corrected chi connectivity index (χ2v) is 8.30. The summed E-state index contributed by atoms with van der Waals surface area (Å²) < 4.78 is 5.52. The summed E-state index contributed by atoms with van der Waals surface area (Å²) in [6.07, 6.45) is 18.3. The van der Waals surface area contributed by atoms with Gasteiger partial charge in [0.05, 0.1) is 0 Å². The second-order valence-electron chi connectivity index (χ2n) is 7.93. The van der Waals surface area contributed by atoms with Crippen molar-refractivity contribution in [3.8, 4) is 0 Å². The Labute approximate surface area is 180 Å². The van der Waals surface area contributed by atoms with Crippen molar-refractivity contribution in [2.24, 2.45) is 0 Å². The number of hydrogen-bond donors (Lipinski definition) is 1. The third-order valence-electron chi connectivity index (χ3n) is 4.60. The second kappa shape index (κ2) is 17.7. The van der Waals surface area contributed by atoms with E-state index in [9.17, 15) is 0 Å². The standard InChI is InChI=1S/C25H43NOS/c1-7-8-19-26-25(28)27-20-18-24(6)17-11-16-23(5)15-10-14-22(4)13-9-12-21(2)3/h12,14,16,18H,7-11,13,15,17,19-20H2,1-6H3,(H,26,28). The summed E-state index contributed by atoms with van der Waals surface area (Å²) in [4.78, 5) is 0. The lowest BCUT2D eigenvalue weighted by Gasteiger charge is -2.08. The molecule has 2 nitrogen and oxygen atoms in total. The van der Waals surface area contributed by atoms with Gasteiger partial charge in [-0.2, -0.15) is 0 Å². The average Bonchev–Trinajstić information content (AvgIpc) is 2.61. The summed E-state index contributed by atoms with van der Waals surface area (Å²) in [6, 6.07) is 0. The largest absolute Gasteiger partial charge is 0.467 e. The maximum atomic E-state index is 5.52. The van der Waals surface area contributed by atoms with Crippen molar-refractivity contribution < 1.29 is 4.74 Å². The van der Waals surface area contributed by atoms with Gasteiger partial charge in [0.25, 0.3) is 5.17 Å². The van der Waals surface area contributed by atoms with Crippen molar-refractivity contribution in [3.05, 3.63) is 46.6 Å². The molecule has 0 aromatic rings. The molecule has 0 amide bonds. The smallest absolute Gasteiger partial charge is 0.256 e. The number of hydrogen-bond acceptors (Lipinski definition) is 2. The molecule has 0 saturated carbocycles. The highest BCUT2D eigenvalue weighted by Crippen LogP contribution is 2.13. The van der Waals surface area contributed by atoms with Crippen molar-refractivity contribution in [2.75, 3.05) is 13.2 Å². The van der Waals surface area contributed by atoms with Crippen molar-refractivity contribution in [1.82, 2.24) is 5.32 Å². The molecule has 0 rings (SSSR count). The van der Waals surface area contributed by atoms with Gasteiger partial charge in [-0.25, -0.2) is 0 Å². The molecule has 0 aliphatic rings. The van der Waals surface area contributed by atoms with Crippen molar-refractivity contribution in [1.29, 1.82) is 0 Å². The van der Waals surface area contributed by atoms with Gasteiger partial charge in [-0.15, -0.1) is 0 Å². The fourth-order valence-electron chi connectivity index (χ4n) is 2.67. The molecule has 0 aromatic carbocycles. The van der Waals surface area contributed by atoms with E-state index in [1.165, 1.54) is 28.7 Å². The van der Waals surface area contributed by atoms with Gasteiger partial charge in [-0.1, -0.05) is 53.9 Å². The summed E-state index contributed by atoms with van der Waals surface area (Å²) in [5.74, 6) is 0. The number of rotatable bonds is 14. The van der Waals surface area contributed by atoms with E-state index in [-0.39, 0.29) is 0 Å². The van der Waals surface area contributed by atoms with E-state index in [1.54, 1.807) is 0 Å². The molecule has 1 N–H and O–H groups in total. The fourth-order valence-corrected chi connectivity index (χ4v) is 2.84. The quantitative estimate of drug-likeness (QED) is 0.181. The van der Waals surface area contributed by atoms with Crippen LogP contribution in [0.1, 0.15) is 92.9 Å². The van der Waals surface area contributed by atoms with Gasteiger partial charge in [0.15, 0.2) is 0 Å². The molecule has 0 spiro atoms. The van der Waals surface area contributed by atoms with Crippen LogP contribution in [0.4, 0.5) is 0 Å². The van der Waals surface area contributed by atoms with E-state index in [0.29, 0.717) is 11.8 Å². The number of nitrogens with one attached hydrogen (secondary N) is 1. The Balaban J connectivity index is 3.97. The van der Waals surface area contributed by atoms with E-state index < -0.39 is 0 Å². The van der Waals surface area contributed by atoms with Crippen LogP contribution in [-0.2, 0) is 4.74 Å². The average molecular weight is 406 g/mol. The predicted molar refractivity (Wildman–Crippen MR) is 130 cm³/mol. The third-order valence-corrected chi connectivity index (χ3v) is 4.86. The van der Waals surface area contributed by atoms with Crippen LogP contribution in [0.25, 0.3) is 0 Å². The van der Waals surface area contributed by atoms with Gasteiger partial charge in [0, 0.05) is 6.54 Å². The molecule has 0 unspecified atom stereocenters. The maximum absolute atomic E-state index is 5.52. The molecule has 0 bridgehead atoms. The highest BCUT2D eigenvalue weighted by atomic mass is 32.1. The molecular formula is C25H43NOS. The SMILES string of the molecule is CCCCNC(=S)OCC=C(C)CCC=C(C)CCC=C(C)CCC=C(C)C. The van der Waals surface area contributed by atoms with Crippen LogP contribution in [0.5, 0.6) is 0 Å². The predicted octanol–water partition coefficient (Wildman–Crippen LogP) is 7.82. The first-order valence-electron chi connectivity index (χ1n) is 10.9. The Morgan fingerprint density at radius 2 is 1.29 bits per heavy atom. The lowest BCUT2D eigenvalue weighted by molar-refractivity contribution is 0.341. The van der Waals surface area contributed by atoms with Crippen LogP contribution >= 0.6 is 12.2 Å². The van der Waals surface area contributed by atoms with E-state index in [4.69, 9.17) is 17.0 Å². The minimum absolute atomic E-state index is 0.512. The molecule has 0 radical (unpaired) electrons.